The quantitative estimate of drug-likeness (QED) is 0.307. The van der Waals surface area contributed by atoms with Gasteiger partial charge in [-0.25, -0.2) is 19.9 Å². The third kappa shape index (κ3) is 4.30. The second kappa shape index (κ2) is 9.67. The molecule has 5 aromatic rings. The Bertz CT molecular complexity index is 1440. The van der Waals surface area contributed by atoms with Crippen molar-refractivity contribution in [1.82, 2.24) is 24.9 Å². The fourth-order valence-electron chi connectivity index (χ4n) is 4.17. The van der Waals surface area contributed by atoms with E-state index >= 15 is 0 Å². The van der Waals surface area contributed by atoms with Crippen LogP contribution in [-0.4, -0.2) is 24.9 Å². The van der Waals surface area contributed by atoms with Crippen molar-refractivity contribution in [2.75, 3.05) is 5.32 Å². The standard InChI is InChI=1S/C28H26N6/c1-3-9-24-19(4-2)14-22(32-24)17-31-28-26-23(20-10-6-5-7-11-20)12-8-13-25(26)33-27(34-28)21-15-29-18-30-16-21/h3,5-16,18,32H,4,17H2,1-2H3,(H,31,33,34)/b9-3-. The molecular formula is C28H26N6. The van der Waals surface area contributed by atoms with E-state index in [1.165, 1.54) is 11.9 Å². The van der Waals surface area contributed by atoms with Gasteiger partial charge in [0.25, 0.3) is 0 Å². The van der Waals surface area contributed by atoms with Crippen molar-refractivity contribution in [2.45, 2.75) is 26.8 Å². The van der Waals surface area contributed by atoms with Crippen LogP contribution in [0.4, 0.5) is 5.82 Å². The predicted octanol–water partition coefficient (Wildman–Crippen LogP) is 6.29. The molecule has 168 valence electrons. The zero-order valence-corrected chi connectivity index (χ0v) is 19.3. The van der Waals surface area contributed by atoms with Crippen LogP contribution in [0.1, 0.15) is 30.8 Å². The van der Waals surface area contributed by atoms with Crippen LogP contribution >= 0.6 is 0 Å². The van der Waals surface area contributed by atoms with Gasteiger partial charge >= 0.3 is 0 Å². The maximum Gasteiger partial charge on any atom is 0.165 e. The fourth-order valence-corrected chi connectivity index (χ4v) is 4.17. The van der Waals surface area contributed by atoms with Gasteiger partial charge in [0.05, 0.1) is 23.0 Å². The number of aromatic nitrogens is 5. The van der Waals surface area contributed by atoms with Gasteiger partial charge < -0.3 is 10.3 Å². The lowest BCUT2D eigenvalue weighted by Crippen LogP contribution is -2.05. The highest BCUT2D eigenvalue weighted by atomic mass is 15.0. The number of fused-ring (bicyclic) bond motifs is 1. The molecule has 5 rings (SSSR count). The molecule has 2 aromatic carbocycles. The van der Waals surface area contributed by atoms with Gasteiger partial charge in [0.15, 0.2) is 5.82 Å². The number of hydrogen-bond acceptors (Lipinski definition) is 5. The summed E-state index contributed by atoms with van der Waals surface area (Å²) >= 11 is 0. The average molecular weight is 447 g/mol. The van der Waals surface area contributed by atoms with Crippen molar-refractivity contribution >= 4 is 22.8 Å². The molecule has 0 atom stereocenters. The Morgan fingerprint density at radius 1 is 0.941 bits per heavy atom. The van der Waals surface area contributed by atoms with E-state index in [4.69, 9.17) is 9.97 Å². The molecule has 3 heterocycles. The van der Waals surface area contributed by atoms with E-state index in [-0.39, 0.29) is 0 Å². The molecule has 0 bridgehead atoms. The number of benzene rings is 2. The molecule has 0 aliphatic rings. The predicted molar refractivity (Wildman–Crippen MR) is 138 cm³/mol. The summed E-state index contributed by atoms with van der Waals surface area (Å²) in [4.78, 5) is 21.6. The van der Waals surface area contributed by atoms with Crippen molar-refractivity contribution in [3.8, 4) is 22.5 Å². The molecule has 0 unspecified atom stereocenters. The Labute approximate surface area is 198 Å². The van der Waals surface area contributed by atoms with Crippen LogP contribution < -0.4 is 5.32 Å². The van der Waals surface area contributed by atoms with Gasteiger partial charge in [-0.05, 0) is 48.2 Å². The first-order valence-electron chi connectivity index (χ1n) is 11.5. The first-order chi connectivity index (χ1) is 16.8. The molecule has 0 aliphatic heterocycles. The monoisotopic (exact) mass is 446 g/mol. The summed E-state index contributed by atoms with van der Waals surface area (Å²) in [6, 6.07) is 18.7. The number of H-pyrrole nitrogens is 1. The highest BCUT2D eigenvalue weighted by Gasteiger charge is 2.15. The zero-order valence-electron chi connectivity index (χ0n) is 19.3. The summed E-state index contributed by atoms with van der Waals surface area (Å²) in [7, 11) is 0. The third-order valence-corrected chi connectivity index (χ3v) is 5.78. The van der Waals surface area contributed by atoms with Gasteiger partial charge in [-0.2, -0.15) is 0 Å². The summed E-state index contributed by atoms with van der Waals surface area (Å²) in [6.07, 6.45) is 10.1. The molecule has 2 N–H and O–H groups in total. The Morgan fingerprint density at radius 3 is 2.53 bits per heavy atom. The van der Waals surface area contributed by atoms with Crippen molar-refractivity contribution < 1.29 is 0 Å². The summed E-state index contributed by atoms with van der Waals surface area (Å²) in [5.74, 6) is 1.37. The molecule has 6 heteroatoms. The van der Waals surface area contributed by atoms with Crippen LogP contribution in [0.5, 0.6) is 0 Å². The van der Waals surface area contributed by atoms with E-state index < -0.39 is 0 Å². The van der Waals surface area contributed by atoms with E-state index in [1.807, 2.05) is 37.3 Å². The molecule has 3 aromatic heterocycles. The van der Waals surface area contributed by atoms with Crippen LogP contribution in [0.2, 0.25) is 0 Å². The van der Waals surface area contributed by atoms with Crippen LogP contribution in [0.15, 0.2) is 79.4 Å². The molecule has 0 saturated carbocycles. The van der Waals surface area contributed by atoms with Gasteiger partial charge in [0, 0.05) is 23.8 Å². The summed E-state index contributed by atoms with van der Waals surface area (Å²) in [6.45, 7) is 4.82. The molecule has 0 amide bonds. The Morgan fingerprint density at radius 2 is 1.76 bits per heavy atom. The lowest BCUT2D eigenvalue weighted by molar-refractivity contribution is 1.05. The zero-order chi connectivity index (χ0) is 23.3. The fraction of sp³-hybridized carbons (Fsp3) is 0.143. The van der Waals surface area contributed by atoms with Crippen molar-refractivity contribution in [2.24, 2.45) is 0 Å². The van der Waals surface area contributed by atoms with E-state index in [9.17, 15) is 0 Å². The smallest absolute Gasteiger partial charge is 0.165 e. The van der Waals surface area contributed by atoms with E-state index in [1.54, 1.807) is 12.4 Å². The van der Waals surface area contributed by atoms with E-state index in [0.29, 0.717) is 12.4 Å². The topological polar surface area (TPSA) is 79.4 Å². The maximum atomic E-state index is 4.93. The first kappa shape index (κ1) is 21.5. The van der Waals surface area contributed by atoms with Crippen molar-refractivity contribution in [3.63, 3.8) is 0 Å². The van der Waals surface area contributed by atoms with Gasteiger partial charge in [-0.3, -0.25) is 0 Å². The van der Waals surface area contributed by atoms with Gasteiger partial charge in [0.1, 0.15) is 12.1 Å². The molecule has 0 spiro atoms. The molecular weight excluding hydrogens is 420 g/mol. The lowest BCUT2D eigenvalue weighted by Gasteiger charge is -2.14. The normalized spacial score (nSPS) is 11.4. The van der Waals surface area contributed by atoms with Gasteiger partial charge in [-0.1, -0.05) is 55.5 Å². The van der Waals surface area contributed by atoms with Crippen LogP contribution in [0.3, 0.4) is 0 Å². The molecule has 0 fully saturated rings. The largest absolute Gasteiger partial charge is 0.364 e. The van der Waals surface area contributed by atoms with Gasteiger partial charge in [-0.15, -0.1) is 0 Å². The maximum absolute atomic E-state index is 4.93. The Hall–Kier alpha value is -4.32. The van der Waals surface area contributed by atoms with Crippen LogP contribution in [-0.2, 0) is 13.0 Å². The van der Waals surface area contributed by atoms with Gasteiger partial charge in [0.2, 0.25) is 0 Å². The SMILES string of the molecule is C/C=C\c1[nH]c(CNc2nc(-c3cncnc3)nc3cccc(-c4ccccc4)c23)cc1CC. The summed E-state index contributed by atoms with van der Waals surface area (Å²) in [5.41, 5.74) is 7.43. The lowest BCUT2D eigenvalue weighted by atomic mass is 10.0. The van der Waals surface area contributed by atoms with E-state index in [0.717, 1.165) is 51.2 Å². The number of aryl methyl sites for hydroxylation is 1. The molecule has 0 saturated heterocycles. The molecule has 0 radical (unpaired) electrons. The number of rotatable bonds is 7. The number of hydrogen-bond donors (Lipinski definition) is 2. The Kier molecular flexibility index (Phi) is 6.12. The van der Waals surface area contributed by atoms with Crippen LogP contribution in [0.25, 0.3) is 39.5 Å². The minimum absolute atomic E-state index is 0.594. The van der Waals surface area contributed by atoms with Crippen molar-refractivity contribution in [1.29, 1.82) is 0 Å². The van der Waals surface area contributed by atoms with Crippen LogP contribution in [0, 0.1) is 0 Å². The Balaban J connectivity index is 1.62. The number of aromatic amines is 1. The number of nitrogens with one attached hydrogen (secondary N) is 2. The molecule has 0 aliphatic carbocycles. The van der Waals surface area contributed by atoms with Crippen molar-refractivity contribution in [3.05, 3.63) is 96.3 Å². The average Bonchev–Trinajstić information content (AvgIpc) is 3.29. The highest BCUT2D eigenvalue weighted by molar-refractivity contribution is 6.02. The third-order valence-electron chi connectivity index (χ3n) is 5.78. The number of anilines is 1. The minimum Gasteiger partial charge on any atom is -0.364 e. The highest BCUT2D eigenvalue weighted by Crippen LogP contribution is 2.34. The number of nitrogens with zero attached hydrogens (tertiary/aromatic N) is 4. The minimum atomic E-state index is 0.594. The summed E-state index contributed by atoms with van der Waals surface area (Å²) < 4.78 is 0. The summed E-state index contributed by atoms with van der Waals surface area (Å²) in [5, 5.41) is 4.57. The molecule has 6 nitrogen and oxygen atoms in total. The second-order valence-electron chi connectivity index (χ2n) is 8.03. The second-order valence-corrected chi connectivity index (χ2v) is 8.03. The molecule has 34 heavy (non-hydrogen) atoms. The first-order valence-corrected chi connectivity index (χ1v) is 11.5. The van der Waals surface area contributed by atoms with E-state index in [2.05, 4.69) is 63.6 Å². The number of allylic oxidation sites excluding steroid dienone is 1.